The van der Waals surface area contributed by atoms with Crippen LogP contribution in [0.5, 0.6) is 0 Å². The molecule has 0 spiro atoms. The van der Waals surface area contributed by atoms with E-state index < -0.39 is 5.92 Å². The first kappa shape index (κ1) is 21.5. The van der Waals surface area contributed by atoms with E-state index in [4.69, 9.17) is 28.9 Å². The lowest BCUT2D eigenvalue weighted by atomic mass is 10.1. The first-order valence-electron chi connectivity index (χ1n) is 8.32. The predicted octanol–water partition coefficient (Wildman–Crippen LogP) is 3.58. The number of anilines is 1. The molecule has 144 valence electrons. The first-order valence-corrected chi connectivity index (χ1v) is 9.07. The minimum absolute atomic E-state index is 0. The van der Waals surface area contributed by atoms with Crippen LogP contribution in [0.15, 0.2) is 48.5 Å². The molecule has 2 atom stereocenters. The van der Waals surface area contributed by atoms with Crippen molar-refractivity contribution in [2.45, 2.75) is 12.5 Å². The number of nitrogens with two attached hydrogens (primary N) is 1. The third-order valence-corrected chi connectivity index (χ3v) is 5.20. The van der Waals surface area contributed by atoms with Gasteiger partial charge in [0.1, 0.15) is 5.92 Å². The fourth-order valence-electron chi connectivity index (χ4n) is 2.98. The number of carbonyl (C=O) groups excluding carboxylic acids is 2. The average Bonchev–Trinajstić information content (AvgIpc) is 3.04. The minimum Gasteiger partial charge on any atom is -0.354 e. The van der Waals surface area contributed by atoms with Crippen LogP contribution in [0.1, 0.15) is 18.0 Å². The Morgan fingerprint density at radius 1 is 1.19 bits per heavy atom. The number of hydrogen-bond acceptors (Lipinski definition) is 3. The number of nitrogens with zero attached hydrogens (tertiary/aromatic N) is 1. The molecule has 0 bridgehead atoms. The van der Waals surface area contributed by atoms with Gasteiger partial charge < -0.3 is 16.0 Å². The van der Waals surface area contributed by atoms with Gasteiger partial charge in [-0.3, -0.25) is 9.59 Å². The fraction of sp³-hybridized carbons (Fsp3) is 0.263. The molecule has 1 fully saturated rings. The molecule has 1 aliphatic heterocycles. The van der Waals surface area contributed by atoms with Crippen LogP contribution in [-0.4, -0.2) is 24.9 Å². The second-order valence-electron chi connectivity index (χ2n) is 6.19. The highest BCUT2D eigenvalue weighted by molar-refractivity contribution is 6.42. The molecule has 0 aromatic heterocycles. The van der Waals surface area contributed by atoms with E-state index in [-0.39, 0.29) is 36.8 Å². The van der Waals surface area contributed by atoms with Crippen LogP contribution in [0.4, 0.5) is 5.69 Å². The highest BCUT2D eigenvalue weighted by Gasteiger charge is 2.37. The molecule has 0 saturated carbocycles. The number of amides is 2. The molecule has 0 radical (unpaired) electrons. The highest BCUT2D eigenvalue weighted by atomic mass is 35.5. The van der Waals surface area contributed by atoms with Gasteiger partial charge in [-0.25, -0.2) is 0 Å². The quantitative estimate of drug-likeness (QED) is 0.715. The molecule has 27 heavy (non-hydrogen) atoms. The first-order chi connectivity index (χ1) is 12.5. The van der Waals surface area contributed by atoms with E-state index in [9.17, 15) is 9.59 Å². The summed E-state index contributed by atoms with van der Waals surface area (Å²) in [5.74, 6) is -1.26. The molecule has 2 aromatic carbocycles. The van der Waals surface area contributed by atoms with Gasteiger partial charge in [-0.05, 0) is 30.2 Å². The summed E-state index contributed by atoms with van der Waals surface area (Å²) >= 11 is 11.9. The van der Waals surface area contributed by atoms with Gasteiger partial charge >= 0.3 is 0 Å². The highest BCUT2D eigenvalue weighted by Crippen LogP contribution is 2.31. The Labute approximate surface area is 174 Å². The van der Waals surface area contributed by atoms with Crippen LogP contribution in [0, 0.1) is 5.92 Å². The van der Waals surface area contributed by atoms with Crippen molar-refractivity contribution in [1.82, 2.24) is 5.32 Å². The number of carbonyl (C=O) groups is 2. The zero-order valence-corrected chi connectivity index (χ0v) is 16.7. The van der Waals surface area contributed by atoms with Gasteiger partial charge in [-0.15, -0.1) is 12.4 Å². The largest absolute Gasteiger partial charge is 0.354 e. The van der Waals surface area contributed by atoms with Crippen molar-refractivity contribution < 1.29 is 9.59 Å². The van der Waals surface area contributed by atoms with Gasteiger partial charge in [-0.2, -0.15) is 0 Å². The maximum absolute atomic E-state index is 12.6. The van der Waals surface area contributed by atoms with Crippen molar-refractivity contribution in [1.29, 1.82) is 0 Å². The topological polar surface area (TPSA) is 75.4 Å². The molecule has 5 nitrogen and oxygen atoms in total. The summed E-state index contributed by atoms with van der Waals surface area (Å²) in [6.45, 7) is 0.735. The number of halogens is 3. The van der Waals surface area contributed by atoms with E-state index in [0.717, 1.165) is 5.56 Å². The molecule has 3 rings (SSSR count). The minimum atomic E-state index is -0.715. The summed E-state index contributed by atoms with van der Waals surface area (Å²) in [7, 11) is 0. The van der Waals surface area contributed by atoms with Crippen LogP contribution in [0.3, 0.4) is 0 Å². The van der Waals surface area contributed by atoms with Gasteiger partial charge in [0, 0.05) is 24.8 Å². The Morgan fingerprint density at radius 3 is 2.56 bits per heavy atom. The monoisotopic (exact) mass is 427 g/mol. The maximum atomic E-state index is 12.6. The smallest absolute Gasteiger partial charge is 0.239 e. The standard InChI is InChI=1S/C19H19Cl2N3O2.ClH/c20-15-7-6-13(10-16(15)21)24-9-8-14(19(24)26)18(25)23-11-17(22)12-4-2-1-3-5-12;/h1-7,10,14,17H,8-9,11,22H2,(H,23,25);1H. The van der Waals surface area contributed by atoms with Gasteiger partial charge in [-0.1, -0.05) is 53.5 Å². The zero-order chi connectivity index (χ0) is 18.7. The average molecular weight is 429 g/mol. The second kappa shape index (κ2) is 9.42. The maximum Gasteiger partial charge on any atom is 0.239 e. The normalized spacial score (nSPS) is 17.4. The molecular formula is C19H20Cl3N3O2. The Morgan fingerprint density at radius 2 is 1.89 bits per heavy atom. The van der Waals surface area contributed by atoms with Crippen molar-refractivity contribution in [2.75, 3.05) is 18.0 Å². The number of nitrogens with one attached hydrogen (secondary N) is 1. The summed E-state index contributed by atoms with van der Waals surface area (Å²) < 4.78 is 0. The van der Waals surface area contributed by atoms with E-state index in [1.54, 1.807) is 23.1 Å². The molecule has 1 aliphatic rings. The lowest BCUT2D eigenvalue weighted by Gasteiger charge is -2.18. The molecule has 0 aliphatic carbocycles. The van der Waals surface area contributed by atoms with Gasteiger partial charge in [0.15, 0.2) is 0 Å². The summed E-state index contributed by atoms with van der Waals surface area (Å²) in [6, 6.07) is 14.2. The Balaban J connectivity index is 0.00000261. The summed E-state index contributed by atoms with van der Waals surface area (Å²) in [4.78, 5) is 26.6. The van der Waals surface area contributed by atoms with Crippen LogP contribution in [-0.2, 0) is 9.59 Å². The van der Waals surface area contributed by atoms with E-state index in [0.29, 0.717) is 28.7 Å². The molecular weight excluding hydrogens is 409 g/mol. The number of rotatable bonds is 5. The zero-order valence-electron chi connectivity index (χ0n) is 14.4. The molecule has 1 saturated heterocycles. The molecule has 2 unspecified atom stereocenters. The third-order valence-electron chi connectivity index (χ3n) is 4.46. The van der Waals surface area contributed by atoms with Crippen molar-refractivity contribution in [2.24, 2.45) is 11.7 Å². The molecule has 2 amide bonds. The van der Waals surface area contributed by atoms with Crippen LogP contribution in [0.25, 0.3) is 0 Å². The van der Waals surface area contributed by atoms with Crippen molar-refractivity contribution in [3.63, 3.8) is 0 Å². The Kier molecular flexibility index (Phi) is 7.50. The summed E-state index contributed by atoms with van der Waals surface area (Å²) in [5.41, 5.74) is 7.66. The van der Waals surface area contributed by atoms with E-state index in [1.165, 1.54) is 0 Å². The Bertz CT molecular complexity index is 817. The summed E-state index contributed by atoms with van der Waals surface area (Å²) in [6.07, 6.45) is 0.450. The van der Waals surface area contributed by atoms with Crippen LogP contribution >= 0.6 is 35.6 Å². The lowest BCUT2D eigenvalue weighted by molar-refractivity contribution is -0.132. The summed E-state index contributed by atoms with van der Waals surface area (Å²) in [5, 5.41) is 3.58. The molecule has 3 N–H and O–H groups in total. The van der Waals surface area contributed by atoms with Crippen molar-refractivity contribution in [3.8, 4) is 0 Å². The van der Waals surface area contributed by atoms with Gasteiger partial charge in [0.25, 0.3) is 0 Å². The lowest BCUT2D eigenvalue weighted by Crippen LogP contribution is -2.39. The van der Waals surface area contributed by atoms with E-state index in [2.05, 4.69) is 5.32 Å². The number of hydrogen-bond donors (Lipinski definition) is 2. The second-order valence-corrected chi connectivity index (χ2v) is 7.01. The predicted molar refractivity (Wildman–Crippen MR) is 111 cm³/mol. The van der Waals surface area contributed by atoms with Crippen molar-refractivity contribution in [3.05, 3.63) is 64.1 Å². The van der Waals surface area contributed by atoms with Crippen LogP contribution in [0.2, 0.25) is 10.0 Å². The SMILES string of the molecule is Cl.NC(CNC(=O)C1CCN(c2ccc(Cl)c(Cl)c2)C1=O)c1ccccc1. The van der Waals surface area contributed by atoms with E-state index in [1.807, 2.05) is 30.3 Å². The van der Waals surface area contributed by atoms with Gasteiger partial charge in [0.05, 0.1) is 10.0 Å². The molecule has 2 aromatic rings. The number of benzene rings is 2. The third kappa shape index (κ3) is 4.93. The van der Waals surface area contributed by atoms with Gasteiger partial charge in [0.2, 0.25) is 11.8 Å². The Hall–Kier alpha value is -1.79. The van der Waals surface area contributed by atoms with E-state index >= 15 is 0 Å². The molecule has 8 heteroatoms. The van der Waals surface area contributed by atoms with Crippen LogP contribution < -0.4 is 16.0 Å². The fourth-order valence-corrected chi connectivity index (χ4v) is 3.28. The van der Waals surface area contributed by atoms with Crippen molar-refractivity contribution >= 4 is 53.1 Å². The molecule has 1 heterocycles.